The van der Waals surface area contributed by atoms with E-state index in [9.17, 15) is 9.90 Å². The Morgan fingerprint density at radius 2 is 1.96 bits per heavy atom. The predicted octanol–water partition coefficient (Wildman–Crippen LogP) is 2.69. The zero-order valence-electron chi connectivity index (χ0n) is 15.4. The van der Waals surface area contributed by atoms with Crippen LogP contribution in [0.25, 0.3) is 0 Å². The molecule has 0 bridgehead atoms. The molecule has 1 saturated heterocycles. The van der Waals surface area contributed by atoms with E-state index in [4.69, 9.17) is 16.3 Å². The molecule has 1 aromatic carbocycles. The zero-order valence-corrected chi connectivity index (χ0v) is 16.2. The number of benzene rings is 1. The van der Waals surface area contributed by atoms with Crippen molar-refractivity contribution in [2.75, 3.05) is 13.1 Å². The van der Waals surface area contributed by atoms with Gasteiger partial charge in [0.2, 0.25) is 0 Å². The Morgan fingerprint density at radius 3 is 2.74 bits per heavy atom. The topological polar surface area (TPSA) is 54.7 Å². The van der Waals surface area contributed by atoms with Crippen molar-refractivity contribution in [2.24, 2.45) is 18.9 Å². The third-order valence-electron chi connectivity index (χ3n) is 5.84. The van der Waals surface area contributed by atoms with Crippen LogP contribution in [-0.4, -0.2) is 39.9 Å². The summed E-state index contributed by atoms with van der Waals surface area (Å²) in [5.74, 6) is 1.63. The summed E-state index contributed by atoms with van der Waals surface area (Å²) in [5, 5.41) is 11.2. The summed E-state index contributed by atoms with van der Waals surface area (Å²) < 4.78 is 7.66. The molecule has 4 atom stereocenters. The average Bonchev–Trinajstić information content (AvgIpc) is 3.00. The van der Waals surface area contributed by atoms with Gasteiger partial charge in [0.1, 0.15) is 11.9 Å². The molecule has 2 heterocycles. The number of fused-ring (bicyclic) bond motifs is 1. The number of ether oxygens (including phenoxy) is 1. The van der Waals surface area contributed by atoms with Crippen LogP contribution in [0.5, 0.6) is 5.75 Å². The number of nitrogens with zero attached hydrogens (tertiary/aromatic N) is 2. The summed E-state index contributed by atoms with van der Waals surface area (Å²) in [6.07, 6.45) is 2.65. The molecule has 27 heavy (non-hydrogen) atoms. The van der Waals surface area contributed by atoms with E-state index < -0.39 is 6.10 Å². The van der Waals surface area contributed by atoms with Crippen LogP contribution in [0.4, 0.5) is 0 Å². The summed E-state index contributed by atoms with van der Waals surface area (Å²) in [6, 6.07) is 11.1. The summed E-state index contributed by atoms with van der Waals surface area (Å²) >= 11 is 6.03. The van der Waals surface area contributed by atoms with Crippen molar-refractivity contribution in [3.05, 3.63) is 63.5 Å². The van der Waals surface area contributed by atoms with Gasteiger partial charge in [-0.3, -0.25) is 9.69 Å². The zero-order chi connectivity index (χ0) is 19.0. The fraction of sp³-hybridized carbons (Fsp3) is 0.476. The van der Waals surface area contributed by atoms with Crippen molar-refractivity contribution >= 4 is 11.6 Å². The molecule has 1 aliphatic carbocycles. The number of likely N-dealkylation sites (tertiary alicyclic amines) is 1. The molecule has 4 rings (SSSR count). The van der Waals surface area contributed by atoms with Crippen LogP contribution in [0.1, 0.15) is 18.4 Å². The lowest BCUT2D eigenvalue weighted by Crippen LogP contribution is -2.42. The summed E-state index contributed by atoms with van der Waals surface area (Å²) in [7, 11) is 1.78. The van der Waals surface area contributed by atoms with E-state index in [1.165, 1.54) is 0 Å². The molecule has 5 nitrogen and oxygen atoms in total. The molecular weight excluding hydrogens is 364 g/mol. The number of aliphatic hydroxyl groups is 1. The van der Waals surface area contributed by atoms with Gasteiger partial charge in [-0.2, -0.15) is 0 Å². The van der Waals surface area contributed by atoms with Gasteiger partial charge in [0.25, 0.3) is 5.56 Å². The SMILES string of the molecule is Cn1cccc(CN2C[C@H]3C[C@@H](Oc4cccc(Cl)c4)[C@H](O)C[C@H]3C2)c1=O. The maximum Gasteiger partial charge on any atom is 0.254 e. The van der Waals surface area contributed by atoms with Gasteiger partial charge in [-0.05, 0) is 48.9 Å². The molecule has 1 N–H and O–H groups in total. The highest BCUT2D eigenvalue weighted by molar-refractivity contribution is 6.30. The maximum absolute atomic E-state index is 12.3. The minimum atomic E-state index is -0.477. The number of aliphatic hydroxyl groups excluding tert-OH is 1. The van der Waals surface area contributed by atoms with Crippen LogP contribution in [0.3, 0.4) is 0 Å². The van der Waals surface area contributed by atoms with E-state index in [1.807, 2.05) is 30.3 Å². The fourth-order valence-electron chi connectivity index (χ4n) is 4.47. The second-order valence-corrected chi connectivity index (χ2v) is 8.25. The van der Waals surface area contributed by atoms with Gasteiger partial charge in [0.15, 0.2) is 0 Å². The highest BCUT2D eigenvalue weighted by Crippen LogP contribution is 2.38. The Labute approximate surface area is 164 Å². The lowest BCUT2D eigenvalue weighted by Gasteiger charge is -2.35. The normalized spacial score (nSPS) is 28.1. The van der Waals surface area contributed by atoms with E-state index in [2.05, 4.69) is 4.90 Å². The maximum atomic E-state index is 12.3. The standard InChI is InChI=1S/C21H25ClN2O3/c1-23-7-3-4-14(21(23)26)11-24-12-15-8-19(25)20(9-16(15)13-24)27-18-6-2-5-17(22)10-18/h2-7,10,15-16,19-20,25H,8-9,11-13H2,1H3/t15-,16+,19+,20+/m0/s1. The Kier molecular flexibility index (Phi) is 5.26. The third kappa shape index (κ3) is 4.05. The van der Waals surface area contributed by atoms with E-state index in [-0.39, 0.29) is 11.7 Å². The first-order valence-electron chi connectivity index (χ1n) is 9.47. The molecule has 144 valence electrons. The number of aromatic nitrogens is 1. The quantitative estimate of drug-likeness (QED) is 0.875. The molecular formula is C21H25ClN2O3. The Balaban J connectivity index is 1.41. The molecule has 1 aromatic heterocycles. The smallest absolute Gasteiger partial charge is 0.254 e. The van der Waals surface area contributed by atoms with Crippen molar-refractivity contribution in [2.45, 2.75) is 31.6 Å². The third-order valence-corrected chi connectivity index (χ3v) is 6.08. The number of aryl methyl sites for hydroxylation is 1. The van der Waals surface area contributed by atoms with Crippen molar-refractivity contribution < 1.29 is 9.84 Å². The minimum Gasteiger partial charge on any atom is -0.488 e. The number of halogens is 1. The number of rotatable bonds is 4. The molecule has 2 aromatic rings. The molecule has 2 aliphatic rings. The van der Waals surface area contributed by atoms with Crippen LogP contribution in [-0.2, 0) is 13.6 Å². The fourth-order valence-corrected chi connectivity index (χ4v) is 4.65. The first-order valence-corrected chi connectivity index (χ1v) is 9.84. The first-order chi connectivity index (χ1) is 13.0. The second-order valence-electron chi connectivity index (χ2n) is 7.82. The summed E-state index contributed by atoms with van der Waals surface area (Å²) in [4.78, 5) is 14.6. The lowest BCUT2D eigenvalue weighted by molar-refractivity contribution is -0.0231. The van der Waals surface area contributed by atoms with Gasteiger partial charge < -0.3 is 14.4 Å². The molecule has 0 amide bonds. The van der Waals surface area contributed by atoms with Crippen molar-refractivity contribution in [3.8, 4) is 5.75 Å². The monoisotopic (exact) mass is 388 g/mol. The van der Waals surface area contributed by atoms with Crippen LogP contribution in [0.2, 0.25) is 5.02 Å². The number of hydrogen-bond acceptors (Lipinski definition) is 4. The minimum absolute atomic E-state index is 0.0644. The van der Waals surface area contributed by atoms with E-state index in [0.717, 1.165) is 31.5 Å². The molecule has 0 radical (unpaired) electrons. The molecule has 6 heteroatoms. The Morgan fingerprint density at radius 1 is 1.19 bits per heavy atom. The molecule has 0 unspecified atom stereocenters. The predicted molar refractivity (Wildman–Crippen MR) is 105 cm³/mol. The van der Waals surface area contributed by atoms with E-state index >= 15 is 0 Å². The van der Waals surface area contributed by atoms with Gasteiger partial charge in [0.05, 0.1) is 6.10 Å². The summed E-state index contributed by atoms with van der Waals surface area (Å²) in [5.41, 5.74) is 0.889. The largest absolute Gasteiger partial charge is 0.488 e. The Bertz CT molecular complexity index is 869. The van der Waals surface area contributed by atoms with E-state index in [0.29, 0.717) is 29.2 Å². The molecule has 2 fully saturated rings. The van der Waals surface area contributed by atoms with Crippen molar-refractivity contribution in [3.63, 3.8) is 0 Å². The van der Waals surface area contributed by atoms with Gasteiger partial charge in [0, 0.05) is 43.5 Å². The second kappa shape index (κ2) is 7.66. The lowest BCUT2D eigenvalue weighted by atomic mass is 9.78. The highest BCUT2D eigenvalue weighted by Gasteiger charge is 2.42. The molecule has 1 saturated carbocycles. The van der Waals surface area contributed by atoms with Crippen LogP contribution >= 0.6 is 11.6 Å². The van der Waals surface area contributed by atoms with E-state index in [1.54, 1.807) is 23.9 Å². The van der Waals surface area contributed by atoms with Crippen LogP contribution < -0.4 is 10.3 Å². The first kappa shape index (κ1) is 18.5. The summed E-state index contributed by atoms with van der Waals surface area (Å²) in [6.45, 7) is 2.52. The highest BCUT2D eigenvalue weighted by atomic mass is 35.5. The molecule has 0 spiro atoms. The van der Waals surface area contributed by atoms with Gasteiger partial charge >= 0.3 is 0 Å². The average molecular weight is 389 g/mol. The number of hydrogen-bond donors (Lipinski definition) is 1. The Hall–Kier alpha value is -1.82. The van der Waals surface area contributed by atoms with Gasteiger partial charge in [-0.25, -0.2) is 0 Å². The van der Waals surface area contributed by atoms with Gasteiger partial charge in [-0.15, -0.1) is 0 Å². The number of pyridine rings is 1. The van der Waals surface area contributed by atoms with Gasteiger partial charge in [-0.1, -0.05) is 23.7 Å². The van der Waals surface area contributed by atoms with Crippen molar-refractivity contribution in [1.82, 2.24) is 9.47 Å². The van der Waals surface area contributed by atoms with Crippen molar-refractivity contribution in [1.29, 1.82) is 0 Å². The van der Waals surface area contributed by atoms with Crippen LogP contribution in [0, 0.1) is 11.8 Å². The molecule has 1 aliphatic heterocycles. The van der Waals surface area contributed by atoms with Crippen LogP contribution in [0.15, 0.2) is 47.4 Å².